The second kappa shape index (κ2) is 9.97. The van der Waals surface area contributed by atoms with Crippen LogP contribution in [0.15, 0.2) is 48.5 Å². The van der Waals surface area contributed by atoms with Crippen LogP contribution in [0.3, 0.4) is 0 Å². The minimum atomic E-state index is -0.577. The summed E-state index contributed by atoms with van der Waals surface area (Å²) in [7, 11) is 1.60. The molecule has 0 fully saturated rings. The van der Waals surface area contributed by atoms with Crippen LogP contribution in [-0.4, -0.2) is 36.4 Å². The molecule has 0 unspecified atom stereocenters. The first-order valence-electron chi connectivity index (χ1n) is 8.89. The van der Waals surface area contributed by atoms with Crippen molar-refractivity contribution in [2.24, 2.45) is 0 Å². The molecule has 0 bridgehead atoms. The summed E-state index contributed by atoms with van der Waals surface area (Å²) in [6.45, 7) is 4.45. The van der Waals surface area contributed by atoms with E-state index in [9.17, 15) is 9.59 Å². The topological polar surface area (TPSA) is 58.6 Å². The number of hydrogen-bond donors (Lipinski definition) is 1. The molecule has 1 N–H and O–H groups in total. The lowest BCUT2D eigenvalue weighted by Crippen LogP contribution is -2.48. The molecule has 0 saturated carbocycles. The second-order valence-corrected chi connectivity index (χ2v) is 6.68. The van der Waals surface area contributed by atoms with Gasteiger partial charge in [0.2, 0.25) is 11.8 Å². The van der Waals surface area contributed by atoms with E-state index in [1.807, 2.05) is 43.3 Å². The highest BCUT2D eigenvalue weighted by Gasteiger charge is 2.25. The summed E-state index contributed by atoms with van der Waals surface area (Å²) < 4.78 is 5.15. The molecule has 2 amide bonds. The standard InChI is InChI=1S/C21H25ClN2O3/c1-4-23-21(26)15(2)24(14-17-5-9-18(22)10-6-17)20(25)13-16-7-11-19(27-3)12-8-16/h5-12,15H,4,13-14H2,1-3H3,(H,23,26)/t15-/m0/s1. The van der Waals surface area contributed by atoms with Crippen molar-refractivity contribution in [3.63, 3.8) is 0 Å². The van der Waals surface area contributed by atoms with Gasteiger partial charge < -0.3 is 15.0 Å². The van der Waals surface area contributed by atoms with Crippen LogP contribution < -0.4 is 10.1 Å². The molecule has 2 rings (SSSR count). The van der Waals surface area contributed by atoms with Gasteiger partial charge in [-0.2, -0.15) is 0 Å². The minimum absolute atomic E-state index is 0.117. The number of rotatable bonds is 8. The van der Waals surface area contributed by atoms with Crippen molar-refractivity contribution >= 4 is 23.4 Å². The highest BCUT2D eigenvalue weighted by atomic mass is 35.5. The maximum absolute atomic E-state index is 13.0. The number of halogens is 1. The Labute approximate surface area is 165 Å². The average Bonchev–Trinajstić information content (AvgIpc) is 2.67. The molecule has 1 atom stereocenters. The van der Waals surface area contributed by atoms with Crippen LogP contribution in [0.2, 0.25) is 5.02 Å². The molecule has 0 aliphatic rings. The Morgan fingerprint density at radius 2 is 1.67 bits per heavy atom. The van der Waals surface area contributed by atoms with E-state index in [1.54, 1.807) is 31.1 Å². The third kappa shape index (κ3) is 6.00. The lowest BCUT2D eigenvalue weighted by atomic mass is 10.1. The number of benzene rings is 2. The quantitative estimate of drug-likeness (QED) is 0.753. The average molecular weight is 389 g/mol. The van der Waals surface area contributed by atoms with E-state index in [4.69, 9.17) is 16.3 Å². The summed E-state index contributed by atoms with van der Waals surface area (Å²) in [4.78, 5) is 26.9. The number of likely N-dealkylation sites (N-methyl/N-ethyl adjacent to an activating group) is 1. The maximum Gasteiger partial charge on any atom is 0.242 e. The van der Waals surface area contributed by atoms with E-state index < -0.39 is 6.04 Å². The maximum atomic E-state index is 13.0. The van der Waals surface area contributed by atoms with Crippen LogP contribution >= 0.6 is 11.6 Å². The van der Waals surface area contributed by atoms with Gasteiger partial charge in [-0.3, -0.25) is 9.59 Å². The predicted octanol–water partition coefficient (Wildman–Crippen LogP) is 3.44. The first-order chi connectivity index (χ1) is 12.9. The molecule has 6 heteroatoms. The van der Waals surface area contributed by atoms with Gasteiger partial charge in [-0.25, -0.2) is 0 Å². The second-order valence-electron chi connectivity index (χ2n) is 6.24. The molecule has 0 aliphatic heterocycles. The molecule has 0 aliphatic carbocycles. The zero-order valence-corrected chi connectivity index (χ0v) is 16.6. The van der Waals surface area contributed by atoms with Crippen LogP contribution in [0, 0.1) is 0 Å². The minimum Gasteiger partial charge on any atom is -0.497 e. The molecule has 0 heterocycles. The van der Waals surface area contributed by atoms with Crippen LogP contribution in [-0.2, 0) is 22.6 Å². The Balaban J connectivity index is 2.19. The molecule has 27 heavy (non-hydrogen) atoms. The number of methoxy groups -OCH3 is 1. The SMILES string of the molecule is CCNC(=O)[C@H](C)N(Cc1ccc(Cl)cc1)C(=O)Cc1ccc(OC)cc1. The van der Waals surface area contributed by atoms with E-state index in [0.717, 1.165) is 16.9 Å². The van der Waals surface area contributed by atoms with Crippen molar-refractivity contribution in [3.8, 4) is 5.75 Å². The van der Waals surface area contributed by atoms with E-state index in [-0.39, 0.29) is 18.2 Å². The van der Waals surface area contributed by atoms with E-state index in [2.05, 4.69) is 5.32 Å². The zero-order valence-electron chi connectivity index (χ0n) is 15.9. The molecule has 2 aromatic carbocycles. The van der Waals surface area contributed by atoms with Crippen LogP contribution in [0.5, 0.6) is 5.75 Å². The monoisotopic (exact) mass is 388 g/mol. The van der Waals surface area contributed by atoms with Crippen LogP contribution in [0.25, 0.3) is 0 Å². The fourth-order valence-corrected chi connectivity index (χ4v) is 2.84. The summed E-state index contributed by atoms with van der Waals surface area (Å²) >= 11 is 5.94. The molecule has 5 nitrogen and oxygen atoms in total. The number of nitrogens with one attached hydrogen (secondary N) is 1. The number of carbonyl (C=O) groups is 2. The third-order valence-electron chi connectivity index (χ3n) is 4.30. The first kappa shape index (κ1) is 20.8. The van der Waals surface area contributed by atoms with Crippen molar-refractivity contribution in [3.05, 3.63) is 64.7 Å². The van der Waals surface area contributed by atoms with Gasteiger partial charge in [-0.05, 0) is 49.2 Å². The van der Waals surface area contributed by atoms with Crippen molar-refractivity contribution in [2.45, 2.75) is 32.9 Å². The molecule has 144 valence electrons. The van der Waals surface area contributed by atoms with Gasteiger partial charge in [0.1, 0.15) is 11.8 Å². The van der Waals surface area contributed by atoms with E-state index in [0.29, 0.717) is 18.1 Å². The molecular formula is C21H25ClN2O3. The predicted molar refractivity (Wildman–Crippen MR) is 107 cm³/mol. The van der Waals surface area contributed by atoms with Gasteiger partial charge in [0.05, 0.1) is 13.5 Å². The Morgan fingerprint density at radius 1 is 1.07 bits per heavy atom. The highest BCUT2D eigenvalue weighted by Crippen LogP contribution is 2.16. The molecule has 0 aromatic heterocycles. The van der Waals surface area contributed by atoms with Gasteiger partial charge in [0.25, 0.3) is 0 Å². The fourth-order valence-electron chi connectivity index (χ4n) is 2.71. The Kier molecular flexibility index (Phi) is 7.67. The summed E-state index contributed by atoms with van der Waals surface area (Å²) in [5, 5.41) is 3.42. The lowest BCUT2D eigenvalue weighted by Gasteiger charge is -2.29. The number of hydrogen-bond acceptors (Lipinski definition) is 3. The number of carbonyl (C=O) groups excluding carboxylic acids is 2. The highest BCUT2D eigenvalue weighted by molar-refractivity contribution is 6.30. The Morgan fingerprint density at radius 3 is 2.22 bits per heavy atom. The molecule has 0 saturated heterocycles. The smallest absolute Gasteiger partial charge is 0.242 e. The molecule has 2 aromatic rings. The molecule has 0 radical (unpaired) electrons. The van der Waals surface area contributed by atoms with Gasteiger partial charge in [0, 0.05) is 18.1 Å². The zero-order chi connectivity index (χ0) is 19.8. The summed E-state index contributed by atoms with van der Waals surface area (Å²) in [5.41, 5.74) is 1.78. The number of nitrogens with zero attached hydrogens (tertiary/aromatic N) is 1. The Hall–Kier alpha value is -2.53. The van der Waals surface area contributed by atoms with E-state index >= 15 is 0 Å². The van der Waals surface area contributed by atoms with Crippen molar-refractivity contribution in [2.75, 3.05) is 13.7 Å². The van der Waals surface area contributed by atoms with Crippen LogP contribution in [0.1, 0.15) is 25.0 Å². The van der Waals surface area contributed by atoms with Crippen molar-refractivity contribution < 1.29 is 14.3 Å². The van der Waals surface area contributed by atoms with Gasteiger partial charge >= 0.3 is 0 Å². The first-order valence-corrected chi connectivity index (χ1v) is 9.27. The summed E-state index contributed by atoms with van der Waals surface area (Å²) in [5.74, 6) is 0.448. The number of ether oxygens (including phenoxy) is 1. The fraction of sp³-hybridized carbons (Fsp3) is 0.333. The largest absolute Gasteiger partial charge is 0.497 e. The summed E-state index contributed by atoms with van der Waals surface area (Å²) in [6.07, 6.45) is 0.210. The van der Waals surface area contributed by atoms with Crippen LogP contribution in [0.4, 0.5) is 0 Å². The van der Waals surface area contributed by atoms with Gasteiger partial charge in [-0.1, -0.05) is 35.9 Å². The van der Waals surface area contributed by atoms with Gasteiger partial charge in [0.15, 0.2) is 0 Å². The number of amides is 2. The normalized spacial score (nSPS) is 11.6. The summed E-state index contributed by atoms with van der Waals surface area (Å²) in [6, 6.07) is 14.0. The van der Waals surface area contributed by atoms with Crippen molar-refractivity contribution in [1.29, 1.82) is 0 Å². The molecular weight excluding hydrogens is 364 g/mol. The Bertz CT molecular complexity index is 760. The lowest BCUT2D eigenvalue weighted by molar-refractivity contribution is -0.140. The van der Waals surface area contributed by atoms with Crippen molar-refractivity contribution in [1.82, 2.24) is 10.2 Å². The van der Waals surface area contributed by atoms with Gasteiger partial charge in [-0.15, -0.1) is 0 Å². The third-order valence-corrected chi connectivity index (χ3v) is 4.55. The van der Waals surface area contributed by atoms with E-state index in [1.165, 1.54) is 0 Å². The molecule has 0 spiro atoms.